The number of para-hydroxylation sites is 1. The number of anilines is 1. The Kier molecular flexibility index (Phi) is 4.53. The van der Waals surface area contributed by atoms with Crippen LogP contribution in [0.15, 0.2) is 76.3 Å². The standard InChI is InChI=1S/C22H20N4O2/c1-25-20-18(21(27)26(2)22(25)28)13-16(14-23-17-11-7-4-8-12-17)19(24-20)15-9-5-3-6-10-15/h3-13,23H,14H2,1-2H3. The third kappa shape index (κ3) is 3.09. The molecule has 0 atom stereocenters. The normalized spacial score (nSPS) is 10.9. The fourth-order valence-electron chi connectivity index (χ4n) is 3.28. The van der Waals surface area contributed by atoms with Crippen molar-refractivity contribution in [3.05, 3.63) is 93.1 Å². The summed E-state index contributed by atoms with van der Waals surface area (Å²) in [6.07, 6.45) is 0. The van der Waals surface area contributed by atoms with Crippen LogP contribution in [0.5, 0.6) is 0 Å². The Morgan fingerprint density at radius 3 is 2.21 bits per heavy atom. The molecule has 0 fully saturated rings. The highest BCUT2D eigenvalue weighted by Crippen LogP contribution is 2.25. The lowest BCUT2D eigenvalue weighted by Gasteiger charge is -2.14. The second-order valence-corrected chi connectivity index (χ2v) is 6.66. The summed E-state index contributed by atoms with van der Waals surface area (Å²) >= 11 is 0. The summed E-state index contributed by atoms with van der Waals surface area (Å²) in [7, 11) is 3.12. The summed E-state index contributed by atoms with van der Waals surface area (Å²) < 4.78 is 2.53. The van der Waals surface area contributed by atoms with E-state index in [0.717, 1.165) is 27.1 Å². The van der Waals surface area contributed by atoms with E-state index >= 15 is 0 Å². The average Bonchev–Trinajstić information content (AvgIpc) is 2.75. The lowest BCUT2D eigenvalue weighted by atomic mass is 10.0. The zero-order chi connectivity index (χ0) is 19.7. The van der Waals surface area contributed by atoms with E-state index in [1.807, 2.05) is 66.7 Å². The first kappa shape index (κ1) is 17.7. The van der Waals surface area contributed by atoms with Crippen LogP contribution in [-0.4, -0.2) is 14.1 Å². The third-order valence-corrected chi connectivity index (χ3v) is 4.81. The molecule has 28 heavy (non-hydrogen) atoms. The average molecular weight is 372 g/mol. The third-order valence-electron chi connectivity index (χ3n) is 4.81. The van der Waals surface area contributed by atoms with E-state index in [-0.39, 0.29) is 11.2 Å². The molecule has 0 amide bonds. The minimum atomic E-state index is -0.390. The lowest BCUT2D eigenvalue weighted by Crippen LogP contribution is -2.37. The molecule has 140 valence electrons. The van der Waals surface area contributed by atoms with Crippen molar-refractivity contribution in [3.8, 4) is 11.3 Å². The number of nitrogens with zero attached hydrogens (tertiary/aromatic N) is 3. The van der Waals surface area contributed by atoms with Gasteiger partial charge in [-0.05, 0) is 23.8 Å². The van der Waals surface area contributed by atoms with Gasteiger partial charge in [-0.25, -0.2) is 9.78 Å². The number of hydrogen-bond donors (Lipinski definition) is 1. The summed E-state index contributed by atoms with van der Waals surface area (Å²) in [5.74, 6) is 0. The van der Waals surface area contributed by atoms with E-state index in [0.29, 0.717) is 17.6 Å². The van der Waals surface area contributed by atoms with Gasteiger partial charge in [0.2, 0.25) is 0 Å². The second-order valence-electron chi connectivity index (χ2n) is 6.66. The minimum absolute atomic E-state index is 0.342. The molecule has 0 bridgehead atoms. The topological polar surface area (TPSA) is 68.9 Å². The van der Waals surface area contributed by atoms with Crippen molar-refractivity contribution in [1.29, 1.82) is 0 Å². The van der Waals surface area contributed by atoms with Crippen LogP contribution in [0.25, 0.3) is 22.3 Å². The second kappa shape index (κ2) is 7.15. The van der Waals surface area contributed by atoms with Crippen molar-refractivity contribution >= 4 is 16.7 Å². The Morgan fingerprint density at radius 2 is 1.54 bits per heavy atom. The molecule has 1 N–H and O–H groups in total. The summed E-state index contributed by atoms with van der Waals surface area (Å²) in [6.45, 7) is 0.503. The molecule has 0 saturated carbocycles. The number of hydrogen-bond acceptors (Lipinski definition) is 4. The zero-order valence-corrected chi connectivity index (χ0v) is 15.7. The molecule has 0 aliphatic carbocycles. The van der Waals surface area contributed by atoms with Crippen LogP contribution in [0.1, 0.15) is 5.56 Å². The van der Waals surface area contributed by atoms with Crippen molar-refractivity contribution in [2.24, 2.45) is 14.1 Å². The van der Waals surface area contributed by atoms with Crippen molar-refractivity contribution in [1.82, 2.24) is 14.1 Å². The van der Waals surface area contributed by atoms with Crippen LogP contribution in [0.4, 0.5) is 5.69 Å². The Bertz CT molecular complexity index is 1260. The number of rotatable bonds is 4. The number of aromatic nitrogens is 3. The van der Waals surface area contributed by atoms with Crippen LogP contribution >= 0.6 is 0 Å². The van der Waals surface area contributed by atoms with Gasteiger partial charge in [0.25, 0.3) is 5.56 Å². The number of fused-ring (bicyclic) bond motifs is 1. The van der Waals surface area contributed by atoms with Crippen molar-refractivity contribution < 1.29 is 0 Å². The first-order valence-corrected chi connectivity index (χ1v) is 9.00. The van der Waals surface area contributed by atoms with Crippen LogP contribution in [0.3, 0.4) is 0 Å². The van der Waals surface area contributed by atoms with Crippen LogP contribution in [-0.2, 0) is 20.6 Å². The predicted octanol–water partition coefficient (Wildman–Crippen LogP) is 2.91. The quantitative estimate of drug-likeness (QED) is 0.598. The van der Waals surface area contributed by atoms with Gasteiger partial charge in [0.1, 0.15) is 5.65 Å². The molecule has 4 aromatic rings. The highest BCUT2D eigenvalue weighted by Gasteiger charge is 2.15. The fourth-order valence-corrected chi connectivity index (χ4v) is 3.28. The van der Waals surface area contributed by atoms with E-state index < -0.39 is 0 Å². The molecule has 6 heteroatoms. The Hall–Kier alpha value is -3.67. The molecule has 0 aliphatic rings. The molecule has 2 aromatic heterocycles. The molecule has 0 saturated heterocycles. The minimum Gasteiger partial charge on any atom is -0.381 e. The van der Waals surface area contributed by atoms with Gasteiger partial charge in [-0.15, -0.1) is 0 Å². The summed E-state index contributed by atoms with van der Waals surface area (Å²) in [5.41, 5.74) is 3.20. The van der Waals surface area contributed by atoms with Gasteiger partial charge >= 0.3 is 5.69 Å². The molecular formula is C22H20N4O2. The van der Waals surface area contributed by atoms with Gasteiger partial charge in [0.15, 0.2) is 0 Å². The van der Waals surface area contributed by atoms with Crippen LogP contribution in [0, 0.1) is 0 Å². The van der Waals surface area contributed by atoms with E-state index in [9.17, 15) is 9.59 Å². The van der Waals surface area contributed by atoms with Gasteiger partial charge in [0, 0.05) is 31.9 Å². The molecule has 6 nitrogen and oxygen atoms in total. The molecule has 0 unspecified atom stereocenters. The lowest BCUT2D eigenvalue weighted by molar-refractivity contribution is 0.707. The van der Waals surface area contributed by atoms with E-state index in [2.05, 4.69) is 5.32 Å². The summed E-state index contributed by atoms with van der Waals surface area (Å²) in [5, 5.41) is 3.80. The van der Waals surface area contributed by atoms with Crippen molar-refractivity contribution in [2.75, 3.05) is 5.32 Å². The van der Waals surface area contributed by atoms with Gasteiger partial charge in [0.05, 0.1) is 11.1 Å². The maximum absolute atomic E-state index is 12.7. The van der Waals surface area contributed by atoms with E-state index in [4.69, 9.17) is 4.98 Å². The van der Waals surface area contributed by atoms with E-state index in [1.165, 1.54) is 11.6 Å². The SMILES string of the molecule is Cn1c(=O)c2cc(CNc3ccccc3)c(-c3ccccc3)nc2n(C)c1=O. The number of benzene rings is 2. The van der Waals surface area contributed by atoms with Crippen molar-refractivity contribution in [3.63, 3.8) is 0 Å². The molecule has 0 radical (unpaired) electrons. The molecule has 2 heterocycles. The fraction of sp³-hybridized carbons (Fsp3) is 0.136. The molecule has 0 spiro atoms. The smallest absolute Gasteiger partial charge is 0.332 e. The summed E-state index contributed by atoms with van der Waals surface area (Å²) in [6, 6.07) is 21.5. The molecule has 0 aliphatic heterocycles. The monoisotopic (exact) mass is 372 g/mol. The zero-order valence-electron chi connectivity index (χ0n) is 15.7. The first-order valence-electron chi connectivity index (χ1n) is 9.00. The van der Waals surface area contributed by atoms with Gasteiger partial charge in [-0.3, -0.25) is 13.9 Å². The van der Waals surface area contributed by atoms with Crippen LogP contribution in [0.2, 0.25) is 0 Å². The van der Waals surface area contributed by atoms with Crippen molar-refractivity contribution in [2.45, 2.75) is 6.54 Å². The maximum Gasteiger partial charge on any atom is 0.332 e. The van der Waals surface area contributed by atoms with E-state index in [1.54, 1.807) is 7.05 Å². The highest BCUT2D eigenvalue weighted by molar-refractivity contribution is 5.80. The number of nitrogens with one attached hydrogen (secondary N) is 1. The Labute approximate surface area is 161 Å². The molecule has 4 rings (SSSR count). The predicted molar refractivity (Wildman–Crippen MR) is 111 cm³/mol. The van der Waals surface area contributed by atoms with Gasteiger partial charge in [-0.2, -0.15) is 0 Å². The summed E-state index contributed by atoms with van der Waals surface area (Å²) in [4.78, 5) is 29.7. The Balaban J connectivity index is 1.93. The number of pyridine rings is 1. The molecule has 2 aromatic carbocycles. The Morgan fingerprint density at radius 1 is 0.893 bits per heavy atom. The van der Waals surface area contributed by atoms with Crippen LogP contribution < -0.4 is 16.6 Å². The van der Waals surface area contributed by atoms with Gasteiger partial charge < -0.3 is 5.32 Å². The first-order chi connectivity index (χ1) is 13.6. The number of aryl methyl sites for hydroxylation is 1. The van der Waals surface area contributed by atoms with Gasteiger partial charge in [-0.1, -0.05) is 48.5 Å². The highest BCUT2D eigenvalue weighted by atomic mass is 16.2. The maximum atomic E-state index is 12.7. The molecular weight excluding hydrogens is 352 g/mol. The largest absolute Gasteiger partial charge is 0.381 e.